The topological polar surface area (TPSA) is 91.7 Å². The van der Waals surface area contributed by atoms with Crippen molar-refractivity contribution >= 4 is 17.9 Å². The van der Waals surface area contributed by atoms with E-state index in [0.717, 1.165) is 16.9 Å². The normalized spacial score (nSPS) is 11.1. The SMILES string of the molecule is CCOC(=O)CCc1ccc(-n2nc(C(C)(C)C)cc2NC(=O)Oc2ccc(OC)cc2)cc1. The molecule has 0 radical (unpaired) electrons. The molecule has 1 N–H and O–H groups in total. The van der Waals surface area contributed by atoms with E-state index in [4.69, 9.17) is 19.3 Å². The van der Waals surface area contributed by atoms with Crippen molar-refractivity contribution in [3.05, 3.63) is 65.9 Å². The van der Waals surface area contributed by atoms with Crippen LogP contribution in [0, 0.1) is 0 Å². The van der Waals surface area contributed by atoms with E-state index < -0.39 is 6.09 Å². The number of carbonyl (C=O) groups excluding carboxylic acids is 2. The zero-order valence-corrected chi connectivity index (χ0v) is 20.3. The maximum atomic E-state index is 12.6. The maximum Gasteiger partial charge on any atom is 0.418 e. The van der Waals surface area contributed by atoms with Crippen molar-refractivity contribution in [3.8, 4) is 17.2 Å². The molecule has 0 aliphatic carbocycles. The third-order valence-electron chi connectivity index (χ3n) is 5.08. The van der Waals surface area contributed by atoms with Crippen LogP contribution in [0.3, 0.4) is 0 Å². The van der Waals surface area contributed by atoms with Crippen molar-refractivity contribution < 1.29 is 23.8 Å². The van der Waals surface area contributed by atoms with E-state index >= 15 is 0 Å². The molecule has 0 spiro atoms. The molecule has 3 aromatic rings. The second-order valence-electron chi connectivity index (χ2n) is 8.74. The van der Waals surface area contributed by atoms with Crippen LogP contribution in [-0.2, 0) is 21.4 Å². The van der Waals surface area contributed by atoms with Gasteiger partial charge in [0.15, 0.2) is 0 Å². The minimum absolute atomic E-state index is 0.213. The molecule has 1 aromatic heterocycles. The highest BCUT2D eigenvalue weighted by atomic mass is 16.6. The average Bonchev–Trinajstić information content (AvgIpc) is 3.23. The fraction of sp³-hybridized carbons (Fsp3) is 0.346. The Hall–Kier alpha value is -3.81. The predicted molar refractivity (Wildman–Crippen MR) is 130 cm³/mol. The fourth-order valence-electron chi connectivity index (χ4n) is 3.20. The highest BCUT2D eigenvalue weighted by molar-refractivity contribution is 5.85. The molecule has 34 heavy (non-hydrogen) atoms. The van der Waals surface area contributed by atoms with E-state index in [9.17, 15) is 9.59 Å². The number of nitrogens with zero attached hydrogens (tertiary/aromatic N) is 2. The van der Waals surface area contributed by atoms with Gasteiger partial charge in [-0.1, -0.05) is 32.9 Å². The number of methoxy groups -OCH3 is 1. The molecule has 2 aromatic carbocycles. The average molecular weight is 466 g/mol. The minimum atomic E-state index is -0.627. The molecule has 0 saturated heterocycles. The molecule has 0 saturated carbocycles. The van der Waals surface area contributed by atoms with Crippen molar-refractivity contribution in [2.24, 2.45) is 0 Å². The summed E-state index contributed by atoms with van der Waals surface area (Å²) in [4.78, 5) is 24.2. The van der Waals surface area contributed by atoms with Gasteiger partial charge in [-0.3, -0.25) is 10.1 Å². The Morgan fingerprint density at radius 3 is 2.24 bits per heavy atom. The second-order valence-corrected chi connectivity index (χ2v) is 8.74. The summed E-state index contributed by atoms with van der Waals surface area (Å²) < 4.78 is 17.2. The van der Waals surface area contributed by atoms with Crippen LogP contribution in [0.2, 0.25) is 0 Å². The van der Waals surface area contributed by atoms with E-state index in [1.165, 1.54) is 0 Å². The summed E-state index contributed by atoms with van der Waals surface area (Å²) in [7, 11) is 1.57. The van der Waals surface area contributed by atoms with E-state index in [1.807, 2.05) is 30.3 Å². The first-order valence-electron chi connectivity index (χ1n) is 11.2. The highest BCUT2D eigenvalue weighted by Gasteiger charge is 2.22. The Balaban J connectivity index is 1.78. The van der Waals surface area contributed by atoms with Gasteiger partial charge < -0.3 is 14.2 Å². The second kappa shape index (κ2) is 10.9. The molecule has 1 heterocycles. The van der Waals surface area contributed by atoms with Crippen LogP contribution >= 0.6 is 0 Å². The first-order chi connectivity index (χ1) is 16.2. The van der Waals surface area contributed by atoms with Crippen molar-refractivity contribution in [3.63, 3.8) is 0 Å². The number of carbonyl (C=O) groups is 2. The number of hydrogen-bond donors (Lipinski definition) is 1. The van der Waals surface area contributed by atoms with Crippen molar-refractivity contribution in [1.29, 1.82) is 0 Å². The zero-order valence-electron chi connectivity index (χ0n) is 20.3. The molecular weight excluding hydrogens is 434 g/mol. The Bertz CT molecular complexity index is 1110. The molecule has 0 bridgehead atoms. The number of amides is 1. The van der Waals surface area contributed by atoms with Gasteiger partial charge in [0.25, 0.3) is 0 Å². The monoisotopic (exact) mass is 465 g/mol. The smallest absolute Gasteiger partial charge is 0.418 e. The van der Waals surface area contributed by atoms with Crippen LogP contribution in [0.5, 0.6) is 11.5 Å². The standard InChI is InChI=1S/C26H31N3O5/c1-6-33-24(30)16-9-18-7-10-19(11-8-18)29-23(17-22(28-29)26(2,3)4)27-25(31)34-21-14-12-20(32-5)13-15-21/h7-8,10-15,17H,6,9,16H2,1-5H3,(H,27,31). The lowest BCUT2D eigenvalue weighted by atomic mass is 9.92. The van der Waals surface area contributed by atoms with Crippen LogP contribution in [0.4, 0.5) is 10.6 Å². The van der Waals surface area contributed by atoms with Gasteiger partial charge in [0.05, 0.1) is 25.1 Å². The summed E-state index contributed by atoms with van der Waals surface area (Å²) >= 11 is 0. The van der Waals surface area contributed by atoms with Gasteiger partial charge >= 0.3 is 12.1 Å². The summed E-state index contributed by atoms with van der Waals surface area (Å²) in [6.45, 7) is 8.33. The molecule has 0 fully saturated rings. The van der Waals surface area contributed by atoms with E-state index in [1.54, 1.807) is 43.0 Å². The molecule has 0 aliphatic heterocycles. The molecule has 0 unspecified atom stereocenters. The number of benzene rings is 2. The lowest BCUT2D eigenvalue weighted by molar-refractivity contribution is -0.143. The summed E-state index contributed by atoms with van der Waals surface area (Å²) in [5.74, 6) is 1.34. The third kappa shape index (κ3) is 6.60. The predicted octanol–water partition coefficient (Wildman–Crippen LogP) is 5.29. The molecule has 0 aliphatic rings. The number of rotatable bonds is 8. The number of aryl methyl sites for hydroxylation is 1. The van der Waals surface area contributed by atoms with Crippen molar-refractivity contribution in [2.45, 2.75) is 46.0 Å². The first-order valence-corrected chi connectivity index (χ1v) is 11.2. The maximum absolute atomic E-state index is 12.6. The number of nitrogens with one attached hydrogen (secondary N) is 1. The Kier molecular flexibility index (Phi) is 7.94. The van der Waals surface area contributed by atoms with Gasteiger partial charge in [-0.05, 0) is 55.3 Å². The lowest BCUT2D eigenvalue weighted by Crippen LogP contribution is -2.19. The van der Waals surface area contributed by atoms with Crippen LogP contribution < -0.4 is 14.8 Å². The van der Waals surface area contributed by atoms with Gasteiger partial charge in [-0.25, -0.2) is 9.48 Å². The van der Waals surface area contributed by atoms with Gasteiger partial charge in [0, 0.05) is 17.9 Å². The van der Waals surface area contributed by atoms with Gasteiger partial charge in [0.1, 0.15) is 17.3 Å². The van der Waals surface area contributed by atoms with E-state index in [0.29, 0.717) is 36.8 Å². The highest BCUT2D eigenvalue weighted by Crippen LogP contribution is 2.27. The lowest BCUT2D eigenvalue weighted by Gasteiger charge is -2.14. The number of aromatic nitrogens is 2. The largest absolute Gasteiger partial charge is 0.497 e. The Labute approximate surface area is 199 Å². The summed E-state index contributed by atoms with van der Waals surface area (Å²) in [5.41, 5.74) is 2.38. The fourth-order valence-corrected chi connectivity index (χ4v) is 3.20. The van der Waals surface area contributed by atoms with Crippen molar-refractivity contribution in [1.82, 2.24) is 9.78 Å². The van der Waals surface area contributed by atoms with Gasteiger partial charge in [0.2, 0.25) is 0 Å². The Morgan fingerprint density at radius 2 is 1.65 bits per heavy atom. The zero-order chi connectivity index (χ0) is 24.7. The van der Waals surface area contributed by atoms with Crippen LogP contribution in [-0.4, -0.2) is 35.6 Å². The molecule has 3 rings (SSSR count). The molecule has 8 heteroatoms. The summed E-state index contributed by atoms with van der Waals surface area (Å²) in [6, 6.07) is 16.3. The molecule has 180 valence electrons. The first kappa shape index (κ1) is 24.8. The molecular formula is C26H31N3O5. The molecule has 0 atom stereocenters. The van der Waals surface area contributed by atoms with Gasteiger partial charge in [-0.2, -0.15) is 5.10 Å². The molecule has 8 nitrogen and oxygen atoms in total. The quantitative estimate of drug-likeness (QED) is 0.455. The van der Waals surface area contributed by atoms with Gasteiger partial charge in [-0.15, -0.1) is 0 Å². The third-order valence-corrected chi connectivity index (χ3v) is 5.08. The van der Waals surface area contributed by atoms with E-state index in [-0.39, 0.29) is 11.4 Å². The van der Waals surface area contributed by atoms with Crippen LogP contribution in [0.15, 0.2) is 54.6 Å². The number of ether oxygens (including phenoxy) is 3. The van der Waals surface area contributed by atoms with Crippen LogP contribution in [0.1, 0.15) is 45.4 Å². The molecule has 1 amide bonds. The number of esters is 1. The van der Waals surface area contributed by atoms with E-state index in [2.05, 4.69) is 26.1 Å². The number of anilines is 1. The Morgan fingerprint density at radius 1 is 1.00 bits per heavy atom. The minimum Gasteiger partial charge on any atom is -0.497 e. The van der Waals surface area contributed by atoms with Crippen molar-refractivity contribution in [2.75, 3.05) is 19.0 Å². The summed E-state index contributed by atoms with van der Waals surface area (Å²) in [5, 5.41) is 7.51. The summed E-state index contributed by atoms with van der Waals surface area (Å²) in [6.07, 6.45) is 0.288. The van der Waals surface area contributed by atoms with Crippen LogP contribution in [0.25, 0.3) is 5.69 Å². The number of hydrogen-bond acceptors (Lipinski definition) is 6.